The third-order valence-electron chi connectivity index (χ3n) is 4.88. The van der Waals surface area contributed by atoms with Crippen LogP contribution in [0.5, 0.6) is 0 Å². The summed E-state index contributed by atoms with van der Waals surface area (Å²) in [5.74, 6) is 0.0274. The van der Waals surface area contributed by atoms with Gasteiger partial charge in [0.2, 0.25) is 15.9 Å². The first-order chi connectivity index (χ1) is 12.5. The highest BCUT2D eigenvalue weighted by atomic mass is 32.2. The Morgan fingerprint density at radius 1 is 1.04 bits per heavy atom. The van der Waals surface area contributed by atoms with Gasteiger partial charge in [0, 0.05) is 25.6 Å². The molecule has 1 aromatic carbocycles. The van der Waals surface area contributed by atoms with Gasteiger partial charge in [0.15, 0.2) is 0 Å². The second kappa shape index (κ2) is 10.6. The number of amides is 1. The van der Waals surface area contributed by atoms with E-state index in [1.165, 1.54) is 45.6 Å². The molecule has 0 saturated heterocycles. The first-order valence-electron chi connectivity index (χ1n) is 9.54. The Bertz CT molecular complexity index is 651. The number of carbonyl (C=O) groups is 1. The molecule has 1 saturated carbocycles. The van der Waals surface area contributed by atoms with Gasteiger partial charge in [0.25, 0.3) is 0 Å². The average molecular weight is 382 g/mol. The quantitative estimate of drug-likeness (QED) is 0.451. The third kappa shape index (κ3) is 7.05. The number of carbonyl (C=O) groups excluding carboxylic acids is 1. The van der Waals surface area contributed by atoms with Gasteiger partial charge in [0.05, 0.1) is 4.90 Å². The predicted molar refractivity (Wildman–Crippen MR) is 104 cm³/mol. The zero-order valence-corrected chi connectivity index (χ0v) is 16.4. The first kappa shape index (κ1) is 20.9. The van der Waals surface area contributed by atoms with Crippen molar-refractivity contribution < 1.29 is 13.2 Å². The van der Waals surface area contributed by atoms with Crippen molar-refractivity contribution in [2.75, 3.05) is 20.1 Å². The minimum Gasteiger partial charge on any atom is -0.355 e. The molecule has 146 valence electrons. The first-order valence-corrected chi connectivity index (χ1v) is 11.0. The van der Waals surface area contributed by atoms with E-state index in [1.807, 2.05) is 0 Å². The molecule has 0 heterocycles. The number of rotatable bonds is 9. The Kier molecular flexibility index (Phi) is 8.54. The van der Waals surface area contributed by atoms with E-state index in [0.717, 1.165) is 12.1 Å². The molecule has 0 bridgehead atoms. The molecular weight excluding hydrogens is 350 g/mol. The van der Waals surface area contributed by atoms with Crippen LogP contribution in [0.1, 0.15) is 50.5 Å². The van der Waals surface area contributed by atoms with Crippen LogP contribution in [0.25, 0.3) is 0 Å². The normalized spacial score (nSPS) is 16.2. The topological polar surface area (TPSA) is 87.3 Å². The minimum absolute atomic E-state index is 0.0274. The van der Waals surface area contributed by atoms with Crippen molar-refractivity contribution in [2.24, 2.45) is 0 Å². The van der Waals surface area contributed by atoms with E-state index in [0.29, 0.717) is 25.4 Å². The van der Waals surface area contributed by atoms with Gasteiger partial charge in [0.1, 0.15) is 0 Å². The molecule has 2 rings (SSSR count). The van der Waals surface area contributed by atoms with Crippen molar-refractivity contribution in [3.63, 3.8) is 0 Å². The monoisotopic (exact) mass is 381 g/mol. The highest BCUT2D eigenvalue weighted by molar-refractivity contribution is 7.89. The summed E-state index contributed by atoms with van der Waals surface area (Å²) in [4.78, 5) is 12.2. The van der Waals surface area contributed by atoms with Crippen molar-refractivity contribution >= 4 is 15.9 Å². The number of sulfonamides is 1. The number of benzene rings is 1. The van der Waals surface area contributed by atoms with E-state index < -0.39 is 10.0 Å². The van der Waals surface area contributed by atoms with Gasteiger partial charge < -0.3 is 10.6 Å². The van der Waals surface area contributed by atoms with Crippen molar-refractivity contribution in [3.8, 4) is 0 Å². The zero-order valence-electron chi connectivity index (χ0n) is 15.6. The predicted octanol–water partition coefficient (Wildman–Crippen LogP) is 1.96. The second-order valence-electron chi connectivity index (χ2n) is 6.84. The number of hydrogen-bond acceptors (Lipinski definition) is 4. The van der Waals surface area contributed by atoms with E-state index in [2.05, 4.69) is 15.4 Å². The fourth-order valence-corrected chi connectivity index (χ4v) is 3.99. The van der Waals surface area contributed by atoms with Crippen LogP contribution in [-0.2, 0) is 21.2 Å². The van der Waals surface area contributed by atoms with Crippen molar-refractivity contribution in [1.29, 1.82) is 0 Å². The van der Waals surface area contributed by atoms with Crippen LogP contribution in [0.15, 0.2) is 29.2 Å². The molecule has 1 aliphatic carbocycles. The maximum atomic E-state index is 12.0. The number of nitrogens with one attached hydrogen (secondary N) is 3. The van der Waals surface area contributed by atoms with Crippen LogP contribution >= 0.6 is 0 Å². The molecule has 26 heavy (non-hydrogen) atoms. The molecule has 1 aromatic rings. The van der Waals surface area contributed by atoms with Crippen LogP contribution in [0.2, 0.25) is 0 Å². The molecule has 6 nitrogen and oxygen atoms in total. The lowest BCUT2D eigenvalue weighted by Crippen LogP contribution is -2.36. The van der Waals surface area contributed by atoms with Crippen molar-refractivity contribution in [3.05, 3.63) is 29.8 Å². The maximum absolute atomic E-state index is 12.0. The lowest BCUT2D eigenvalue weighted by molar-refractivity contribution is -0.121. The number of hydrogen-bond donors (Lipinski definition) is 3. The second-order valence-corrected chi connectivity index (χ2v) is 8.73. The lowest BCUT2D eigenvalue weighted by atomic mass is 10.1. The fraction of sp³-hybridized carbons (Fsp3) is 0.632. The Morgan fingerprint density at radius 2 is 1.69 bits per heavy atom. The van der Waals surface area contributed by atoms with Crippen LogP contribution in [0.3, 0.4) is 0 Å². The Labute approximate surface area is 157 Å². The number of aryl methyl sites for hydroxylation is 1. The molecule has 3 N–H and O–H groups in total. The summed E-state index contributed by atoms with van der Waals surface area (Å²) in [6.45, 7) is 1.46. The third-order valence-corrected chi connectivity index (χ3v) is 6.31. The van der Waals surface area contributed by atoms with Crippen LogP contribution in [0, 0.1) is 0 Å². The zero-order chi connectivity index (χ0) is 18.8. The Balaban J connectivity index is 1.64. The molecule has 0 aliphatic heterocycles. The van der Waals surface area contributed by atoms with Crippen molar-refractivity contribution in [1.82, 2.24) is 15.4 Å². The fourth-order valence-electron chi connectivity index (χ4n) is 3.26. The van der Waals surface area contributed by atoms with E-state index in [-0.39, 0.29) is 10.8 Å². The smallest absolute Gasteiger partial charge is 0.240 e. The summed E-state index contributed by atoms with van der Waals surface area (Å²) < 4.78 is 25.6. The van der Waals surface area contributed by atoms with Gasteiger partial charge in [-0.2, -0.15) is 0 Å². The molecule has 1 aliphatic rings. The molecule has 1 fully saturated rings. The van der Waals surface area contributed by atoms with Crippen LogP contribution in [-0.4, -0.2) is 40.5 Å². The van der Waals surface area contributed by atoms with Gasteiger partial charge in [-0.15, -0.1) is 0 Å². The summed E-state index contributed by atoms with van der Waals surface area (Å²) in [6, 6.07) is 7.24. The van der Waals surface area contributed by atoms with Crippen molar-refractivity contribution in [2.45, 2.75) is 62.3 Å². The van der Waals surface area contributed by atoms with Gasteiger partial charge in [-0.3, -0.25) is 4.79 Å². The van der Waals surface area contributed by atoms with Crippen LogP contribution in [0.4, 0.5) is 0 Å². The summed E-state index contributed by atoms with van der Waals surface area (Å²) in [7, 11) is -2.02. The van der Waals surface area contributed by atoms with E-state index in [9.17, 15) is 13.2 Å². The largest absolute Gasteiger partial charge is 0.355 e. The summed E-state index contributed by atoms with van der Waals surface area (Å²) in [6.07, 6.45) is 8.79. The highest BCUT2D eigenvalue weighted by Crippen LogP contribution is 2.16. The molecule has 0 atom stereocenters. The molecule has 7 heteroatoms. The molecule has 0 spiro atoms. The Morgan fingerprint density at radius 3 is 2.31 bits per heavy atom. The highest BCUT2D eigenvalue weighted by Gasteiger charge is 2.12. The van der Waals surface area contributed by atoms with Crippen LogP contribution < -0.4 is 15.4 Å². The minimum atomic E-state index is -3.41. The molecule has 0 radical (unpaired) electrons. The molecule has 0 aromatic heterocycles. The van der Waals surface area contributed by atoms with Gasteiger partial charge in [-0.1, -0.05) is 37.8 Å². The lowest BCUT2D eigenvalue weighted by Gasteiger charge is -2.16. The summed E-state index contributed by atoms with van der Waals surface area (Å²) >= 11 is 0. The Hall–Kier alpha value is -1.44. The van der Waals surface area contributed by atoms with E-state index in [4.69, 9.17) is 0 Å². The summed E-state index contributed by atoms with van der Waals surface area (Å²) in [5.41, 5.74) is 0.951. The van der Waals surface area contributed by atoms with E-state index in [1.54, 1.807) is 24.3 Å². The van der Waals surface area contributed by atoms with Gasteiger partial charge in [-0.05, 0) is 44.0 Å². The maximum Gasteiger partial charge on any atom is 0.240 e. The standard InChI is InChI=1S/C19H31N3O3S/c1-20-26(24,25)18-11-8-16(9-12-18)10-13-19(23)22-15-14-21-17-6-4-2-3-5-7-17/h8-9,11-12,17,20-21H,2-7,10,13-15H2,1H3,(H,22,23). The van der Waals surface area contributed by atoms with Gasteiger partial charge in [-0.25, -0.2) is 13.1 Å². The van der Waals surface area contributed by atoms with Gasteiger partial charge >= 0.3 is 0 Å². The van der Waals surface area contributed by atoms with E-state index >= 15 is 0 Å². The molecule has 1 amide bonds. The SMILES string of the molecule is CNS(=O)(=O)c1ccc(CCC(=O)NCCNC2CCCCCC2)cc1. The molecular formula is C19H31N3O3S. The average Bonchev–Trinajstić information content (AvgIpc) is 2.93. The summed E-state index contributed by atoms with van der Waals surface area (Å²) in [5, 5.41) is 6.48. The molecule has 0 unspecified atom stereocenters.